The predicted octanol–water partition coefficient (Wildman–Crippen LogP) is 2.51. The topological polar surface area (TPSA) is 58.5 Å². The Balaban J connectivity index is 1.57. The zero-order valence-corrected chi connectivity index (χ0v) is 12.4. The summed E-state index contributed by atoms with van der Waals surface area (Å²) in [7, 11) is 0. The molecular formula is C16H18FN5. The van der Waals surface area contributed by atoms with Crippen LogP contribution in [0.5, 0.6) is 0 Å². The Morgan fingerprint density at radius 3 is 2.77 bits per heavy atom. The van der Waals surface area contributed by atoms with E-state index in [0.717, 1.165) is 35.5 Å². The first-order valence-electron chi connectivity index (χ1n) is 7.20. The number of nitrogens with one attached hydrogen (secondary N) is 2. The maximum atomic E-state index is 13.0. The molecule has 0 spiro atoms. The summed E-state index contributed by atoms with van der Waals surface area (Å²) in [5.74, 6) is -0.238. The Labute approximate surface area is 128 Å². The summed E-state index contributed by atoms with van der Waals surface area (Å²) in [5, 5.41) is 14.7. The van der Waals surface area contributed by atoms with E-state index in [0.29, 0.717) is 6.54 Å². The van der Waals surface area contributed by atoms with Crippen LogP contribution in [0.4, 0.5) is 4.39 Å². The molecule has 1 aromatic carbocycles. The second-order valence-corrected chi connectivity index (χ2v) is 5.23. The van der Waals surface area contributed by atoms with Gasteiger partial charge in [-0.15, -0.1) is 0 Å². The van der Waals surface area contributed by atoms with E-state index in [-0.39, 0.29) is 5.82 Å². The van der Waals surface area contributed by atoms with Gasteiger partial charge in [-0.1, -0.05) is 0 Å². The molecule has 22 heavy (non-hydrogen) atoms. The lowest BCUT2D eigenvalue weighted by Crippen LogP contribution is -2.19. The zero-order valence-electron chi connectivity index (χ0n) is 12.4. The smallest absolute Gasteiger partial charge is 0.123 e. The van der Waals surface area contributed by atoms with Crippen molar-refractivity contribution in [2.24, 2.45) is 0 Å². The average molecular weight is 299 g/mol. The summed E-state index contributed by atoms with van der Waals surface area (Å²) >= 11 is 0. The van der Waals surface area contributed by atoms with Crippen LogP contribution in [0.15, 0.2) is 42.9 Å². The van der Waals surface area contributed by atoms with E-state index in [9.17, 15) is 4.39 Å². The molecule has 6 heteroatoms. The minimum absolute atomic E-state index is 0.238. The van der Waals surface area contributed by atoms with Crippen molar-refractivity contribution in [2.75, 3.05) is 6.54 Å². The molecule has 0 aliphatic heterocycles. The van der Waals surface area contributed by atoms with Crippen molar-refractivity contribution >= 4 is 0 Å². The van der Waals surface area contributed by atoms with Crippen LogP contribution in [-0.2, 0) is 13.1 Å². The second kappa shape index (κ2) is 6.53. The van der Waals surface area contributed by atoms with E-state index in [2.05, 4.69) is 20.6 Å². The summed E-state index contributed by atoms with van der Waals surface area (Å²) in [4.78, 5) is 0. The fourth-order valence-corrected chi connectivity index (χ4v) is 2.32. The van der Waals surface area contributed by atoms with Crippen molar-refractivity contribution in [3.8, 4) is 11.3 Å². The summed E-state index contributed by atoms with van der Waals surface area (Å²) in [6.07, 6.45) is 5.66. The largest absolute Gasteiger partial charge is 0.311 e. The molecular weight excluding hydrogens is 281 g/mol. The van der Waals surface area contributed by atoms with E-state index >= 15 is 0 Å². The highest BCUT2D eigenvalue weighted by Crippen LogP contribution is 2.21. The number of benzene rings is 1. The number of halogens is 1. The Morgan fingerprint density at radius 2 is 2.05 bits per heavy atom. The fraction of sp³-hybridized carbons (Fsp3) is 0.250. The van der Waals surface area contributed by atoms with Crippen LogP contribution in [0.1, 0.15) is 11.1 Å². The van der Waals surface area contributed by atoms with Crippen LogP contribution in [0.3, 0.4) is 0 Å². The molecule has 5 nitrogen and oxygen atoms in total. The van der Waals surface area contributed by atoms with Gasteiger partial charge in [0, 0.05) is 30.4 Å². The number of nitrogens with zero attached hydrogens (tertiary/aromatic N) is 3. The molecule has 114 valence electrons. The van der Waals surface area contributed by atoms with Gasteiger partial charge < -0.3 is 5.32 Å². The fourth-order valence-electron chi connectivity index (χ4n) is 2.32. The van der Waals surface area contributed by atoms with E-state index < -0.39 is 0 Å². The van der Waals surface area contributed by atoms with Gasteiger partial charge in [0.25, 0.3) is 0 Å². The summed E-state index contributed by atoms with van der Waals surface area (Å²) < 4.78 is 14.9. The summed E-state index contributed by atoms with van der Waals surface area (Å²) in [5.41, 5.74) is 4.07. The second-order valence-electron chi connectivity index (χ2n) is 5.23. The SMILES string of the molecule is Cc1cnn(CCNCc2cn[nH]c2-c2ccc(F)cc2)c1. The number of aromatic amines is 1. The normalized spacial score (nSPS) is 11.0. The van der Waals surface area contributed by atoms with Crippen molar-refractivity contribution in [3.05, 3.63) is 59.8 Å². The van der Waals surface area contributed by atoms with Crippen LogP contribution in [-0.4, -0.2) is 26.5 Å². The van der Waals surface area contributed by atoms with Crippen molar-refractivity contribution < 1.29 is 4.39 Å². The number of aryl methyl sites for hydroxylation is 1. The van der Waals surface area contributed by atoms with Gasteiger partial charge in [-0.25, -0.2) is 4.39 Å². The molecule has 0 saturated carbocycles. The number of aromatic nitrogens is 4. The van der Waals surface area contributed by atoms with E-state index in [1.165, 1.54) is 12.1 Å². The highest BCUT2D eigenvalue weighted by molar-refractivity contribution is 5.62. The molecule has 2 N–H and O–H groups in total. The third-order valence-corrected chi connectivity index (χ3v) is 3.45. The van der Waals surface area contributed by atoms with Crippen LogP contribution in [0, 0.1) is 12.7 Å². The first-order valence-corrected chi connectivity index (χ1v) is 7.20. The predicted molar refractivity (Wildman–Crippen MR) is 82.7 cm³/mol. The molecule has 0 saturated heterocycles. The van der Waals surface area contributed by atoms with Gasteiger partial charge in [0.1, 0.15) is 5.82 Å². The molecule has 0 fully saturated rings. The first kappa shape index (κ1) is 14.5. The number of hydrogen-bond donors (Lipinski definition) is 2. The Bertz CT molecular complexity index is 729. The minimum atomic E-state index is -0.238. The van der Waals surface area contributed by atoms with Crippen LogP contribution in [0.2, 0.25) is 0 Å². The van der Waals surface area contributed by atoms with Gasteiger partial charge in [0.2, 0.25) is 0 Å². The lowest BCUT2D eigenvalue weighted by atomic mass is 10.1. The maximum Gasteiger partial charge on any atom is 0.123 e. The number of H-pyrrole nitrogens is 1. The summed E-state index contributed by atoms with van der Waals surface area (Å²) in [6, 6.07) is 6.40. The molecule has 3 aromatic rings. The van der Waals surface area contributed by atoms with Gasteiger partial charge >= 0.3 is 0 Å². The average Bonchev–Trinajstić information content (AvgIpc) is 3.13. The highest BCUT2D eigenvalue weighted by Gasteiger charge is 2.07. The lowest BCUT2D eigenvalue weighted by Gasteiger charge is -2.06. The van der Waals surface area contributed by atoms with Gasteiger partial charge in [-0.3, -0.25) is 9.78 Å². The van der Waals surface area contributed by atoms with Gasteiger partial charge in [-0.2, -0.15) is 10.2 Å². The molecule has 0 aliphatic rings. The molecule has 2 aromatic heterocycles. The third-order valence-electron chi connectivity index (χ3n) is 3.45. The molecule has 0 unspecified atom stereocenters. The van der Waals surface area contributed by atoms with Crippen LogP contribution < -0.4 is 5.32 Å². The van der Waals surface area contributed by atoms with Crippen molar-refractivity contribution in [2.45, 2.75) is 20.0 Å². The molecule has 0 aliphatic carbocycles. The van der Waals surface area contributed by atoms with Crippen molar-refractivity contribution in [1.82, 2.24) is 25.3 Å². The Morgan fingerprint density at radius 1 is 1.23 bits per heavy atom. The maximum absolute atomic E-state index is 13.0. The molecule has 2 heterocycles. The third kappa shape index (κ3) is 3.40. The highest BCUT2D eigenvalue weighted by atomic mass is 19.1. The molecule has 0 bridgehead atoms. The molecule has 0 atom stereocenters. The standard InChI is InChI=1S/C16H18FN5/c1-12-8-20-22(11-12)7-6-18-9-14-10-19-21-16(14)13-2-4-15(17)5-3-13/h2-5,8,10-11,18H,6-7,9H2,1H3,(H,19,21). The van der Waals surface area contributed by atoms with Gasteiger partial charge in [-0.05, 0) is 36.8 Å². The van der Waals surface area contributed by atoms with E-state index in [4.69, 9.17) is 0 Å². The van der Waals surface area contributed by atoms with E-state index in [1.807, 2.05) is 24.0 Å². The quantitative estimate of drug-likeness (QED) is 0.688. The number of hydrogen-bond acceptors (Lipinski definition) is 3. The first-order chi connectivity index (χ1) is 10.7. The lowest BCUT2D eigenvalue weighted by molar-refractivity contribution is 0.555. The van der Waals surface area contributed by atoms with E-state index in [1.54, 1.807) is 18.3 Å². The monoisotopic (exact) mass is 299 g/mol. The molecule has 0 radical (unpaired) electrons. The Hall–Kier alpha value is -2.47. The van der Waals surface area contributed by atoms with Crippen LogP contribution >= 0.6 is 0 Å². The summed E-state index contributed by atoms with van der Waals surface area (Å²) in [6.45, 7) is 4.35. The van der Waals surface area contributed by atoms with Crippen molar-refractivity contribution in [3.63, 3.8) is 0 Å². The minimum Gasteiger partial charge on any atom is -0.311 e. The van der Waals surface area contributed by atoms with Gasteiger partial charge in [0.05, 0.1) is 24.6 Å². The van der Waals surface area contributed by atoms with Gasteiger partial charge in [0.15, 0.2) is 0 Å². The molecule has 3 rings (SSSR count). The van der Waals surface area contributed by atoms with Crippen LogP contribution in [0.25, 0.3) is 11.3 Å². The number of rotatable bonds is 6. The molecule has 0 amide bonds. The van der Waals surface area contributed by atoms with Crippen molar-refractivity contribution in [1.29, 1.82) is 0 Å². The zero-order chi connectivity index (χ0) is 15.4. The Kier molecular flexibility index (Phi) is 4.29.